The van der Waals surface area contributed by atoms with Crippen LogP contribution in [0.3, 0.4) is 0 Å². The van der Waals surface area contributed by atoms with E-state index in [0.717, 1.165) is 25.2 Å². The van der Waals surface area contributed by atoms with Crippen molar-refractivity contribution in [1.82, 2.24) is 9.78 Å². The Hall–Kier alpha value is -1.62. The Morgan fingerprint density at radius 2 is 2.05 bits per heavy atom. The van der Waals surface area contributed by atoms with Gasteiger partial charge in [0, 0.05) is 13.1 Å². The monoisotopic (exact) mass is 347 g/mol. The molecule has 0 saturated heterocycles. The van der Waals surface area contributed by atoms with Crippen molar-refractivity contribution in [3.05, 3.63) is 56.9 Å². The van der Waals surface area contributed by atoms with Crippen molar-refractivity contribution in [3.63, 3.8) is 0 Å². The van der Waals surface area contributed by atoms with Gasteiger partial charge in [-0.15, -0.1) is 0 Å². The molecule has 0 unspecified atom stereocenters. The third-order valence-electron chi connectivity index (χ3n) is 3.68. The van der Waals surface area contributed by atoms with E-state index in [1.165, 1.54) is 18.4 Å². The maximum absolute atomic E-state index is 12.2. The molecule has 5 heteroatoms. The zero-order chi connectivity index (χ0) is 14.7. The minimum absolute atomic E-state index is 0.0494. The first-order chi connectivity index (χ1) is 10.2. The van der Waals surface area contributed by atoms with Crippen LogP contribution in [0.15, 0.2) is 45.8 Å². The lowest BCUT2D eigenvalue weighted by molar-refractivity contribution is 0.532. The minimum atomic E-state index is -0.0494. The van der Waals surface area contributed by atoms with Crippen molar-refractivity contribution in [3.8, 4) is 0 Å². The fourth-order valence-corrected chi connectivity index (χ4v) is 2.70. The van der Waals surface area contributed by atoms with Gasteiger partial charge in [-0.25, -0.2) is 4.68 Å². The second-order valence-electron chi connectivity index (χ2n) is 5.47. The van der Waals surface area contributed by atoms with E-state index in [1.807, 2.05) is 18.2 Å². The molecule has 1 fully saturated rings. The molecule has 0 amide bonds. The number of rotatable bonds is 6. The molecular formula is C16H18BrN3O. The first-order valence-electron chi connectivity index (χ1n) is 7.27. The molecule has 0 atom stereocenters. The largest absolute Gasteiger partial charge is 0.382 e. The molecule has 1 aliphatic rings. The highest BCUT2D eigenvalue weighted by molar-refractivity contribution is 9.10. The van der Waals surface area contributed by atoms with Crippen LogP contribution in [0, 0.1) is 5.92 Å². The van der Waals surface area contributed by atoms with Crippen LogP contribution in [-0.4, -0.2) is 16.3 Å². The number of hydrogen-bond donors (Lipinski definition) is 1. The molecule has 1 aliphatic carbocycles. The lowest BCUT2D eigenvalue weighted by atomic mass is 10.1. The highest BCUT2D eigenvalue weighted by Gasteiger charge is 2.23. The van der Waals surface area contributed by atoms with Gasteiger partial charge in [0.25, 0.3) is 5.56 Å². The van der Waals surface area contributed by atoms with Crippen LogP contribution in [0.2, 0.25) is 0 Å². The van der Waals surface area contributed by atoms with Gasteiger partial charge in [0.05, 0.1) is 11.9 Å². The van der Waals surface area contributed by atoms with Gasteiger partial charge in [0.15, 0.2) is 0 Å². The maximum Gasteiger partial charge on any atom is 0.283 e. The van der Waals surface area contributed by atoms with Crippen LogP contribution >= 0.6 is 15.9 Å². The summed E-state index contributed by atoms with van der Waals surface area (Å²) < 4.78 is 2.13. The van der Waals surface area contributed by atoms with Gasteiger partial charge in [-0.05, 0) is 46.7 Å². The van der Waals surface area contributed by atoms with Gasteiger partial charge >= 0.3 is 0 Å². The fraction of sp³-hybridized carbons (Fsp3) is 0.375. The lowest BCUT2D eigenvalue weighted by Gasteiger charge is -2.10. The summed E-state index contributed by atoms with van der Waals surface area (Å²) in [4.78, 5) is 12.2. The summed E-state index contributed by atoms with van der Waals surface area (Å²) in [7, 11) is 0. The molecule has 0 radical (unpaired) electrons. The van der Waals surface area contributed by atoms with Crippen molar-refractivity contribution in [2.75, 3.05) is 11.9 Å². The normalized spacial score (nSPS) is 14.1. The average Bonchev–Trinajstić information content (AvgIpc) is 3.31. The first-order valence-corrected chi connectivity index (χ1v) is 8.07. The third kappa shape index (κ3) is 3.73. The molecule has 0 spiro atoms. The zero-order valence-corrected chi connectivity index (χ0v) is 13.3. The van der Waals surface area contributed by atoms with Crippen LogP contribution < -0.4 is 10.9 Å². The van der Waals surface area contributed by atoms with Crippen LogP contribution in [0.1, 0.15) is 18.4 Å². The number of halogens is 1. The molecule has 1 saturated carbocycles. The van der Waals surface area contributed by atoms with Gasteiger partial charge in [-0.1, -0.05) is 30.3 Å². The molecule has 2 aromatic rings. The highest BCUT2D eigenvalue weighted by atomic mass is 79.9. The predicted molar refractivity (Wildman–Crippen MR) is 87.6 cm³/mol. The maximum atomic E-state index is 12.2. The number of benzene rings is 1. The second kappa shape index (κ2) is 6.43. The van der Waals surface area contributed by atoms with Crippen molar-refractivity contribution < 1.29 is 0 Å². The zero-order valence-electron chi connectivity index (χ0n) is 11.8. The smallest absolute Gasteiger partial charge is 0.283 e. The number of hydrogen-bond acceptors (Lipinski definition) is 3. The third-order valence-corrected chi connectivity index (χ3v) is 4.45. The van der Waals surface area contributed by atoms with E-state index in [0.29, 0.717) is 10.4 Å². The fourth-order valence-electron chi connectivity index (χ4n) is 2.25. The van der Waals surface area contributed by atoms with Gasteiger partial charge < -0.3 is 5.32 Å². The Bertz CT molecular complexity index is 665. The molecular weight excluding hydrogens is 330 g/mol. The minimum Gasteiger partial charge on any atom is -0.382 e. The number of aromatic nitrogens is 2. The van der Waals surface area contributed by atoms with E-state index in [2.05, 4.69) is 38.5 Å². The summed E-state index contributed by atoms with van der Waals surface area (Å²) in [5, 5.41) is 7.53. The van der Waals surface area contributed by atoms with Crippen LogP contribution in [-0.2, 0) is 13.0 Å². The van der Waals surface area contributed by atoms with Gasteiger partial charge in [0.2, 0.25) is 0 Å². The van der Waals surface area contributed by atoms with Gasteiger partial charge in [0.1, 0.15) is 4.47 Å². The standard InChI is InChI=1S/C16H18BrN3O/c17-15-14(18-9-8-12-4-2-1-3-5-12)10-19-20(16(15)21)11-13-6-7-13/h1-5,10,13,18H,6-9,11H2. The van der Waals surface area contributed by atoms with E-state index < -0.39 is 0 Å². The SMILES string of the molecule is O=c1c(Br)c(NCCc2ccccc2)cnn1CC1CC1. The summed E-state index contributed by atoms with van der Waals surface area (Å²) in [6.07, 6.45) is 5.07. The van der Waals surface area contributed by atoms with Crippen molar-refractivity contribution in [2.24, 2.45) is 5.92 Å². The average molecular weight is 348 g/mol. The van der Waals surface area contributed by atoms with Gasteiger partial charge in [-0.3, -0.25) is 4.79 Å². The number of nitrogens with zero attached hydrogens (tertiary/aromatic N) is 2. The van der Waals surface area contributed by atoms with Crippen LogP contribution in [0.25, 0.3) is 0 Å². The molecule has 1 aromatic carbocycles. The van der Waals surface area contributed by atoms with Crippen molar-refractivity contribution in [1.29, 1.82) is 0 Å². The molecule has 3 rings (SSSR count). The quantitative estimate of drug-likeness (QED) is 0.873. The predicted octanol–water partition coefficient (Wildman–Crippen LogP) is 3.07. The first kappa shape index (κ1) is 14.3. The Morgan fingerprint density at radius 3 is 2.76 bits per heavy atom. The van der Waals surface area contributed by atoms with Crippen LogP contribution in [0.5, 0.6) is 0 Å². The molecule has 0 aliphatic heterocycles. The van der Waals surface area contributed by atoms with Crippen molar-refractivity contribution >= 4 is 21.6 Å². The lowest BCUT2D eigenvalue weighted by Crippen LogP contribution is -2.25. The molecule has 4 nitrogen and oxygen atoms in total. The van der Waals surface area contributed by atoms with E-state index in [4.69, 9.17) is 0 Å². The van der Waals surface area contributed by atoms with E-state index in [-0.39, 0.29) is 5.56 Å². The van der Waals surface area contributed by atoms with Crippen molar-refractivity contribution in [2.45, 2.75) is 25.8 Å². The summed E-state index contributed by atoms with van der Waals surface area (Å²) in [6.45, 7) is 1.51. The Morgan fingerprint density at radius 1 is 1.29 bits per heavy atom. The summed E-state index contributed by atoms with van der Waals surface area (Å²) in [6, 6.07) is 10.3. The summed E-state index contributed by atoms with van der Waals surface area (Å²) >= 11 is 3.39. The van der Waals surface area contributed by atoms with E-state index in [9.17, 15) is 4.79 Å². The number of anilines is 1. The molecule has 110 valence electrons. The second-order valence-corrected chi connectivity index (χ2v) is 6.26. The molecule has 1 aromatic heterocycles. The molecule has 21 heavy (non-hydrogen) atoms. The Labute approximate surface area is 132 Å². The van der Waals surface area contributed by atoms with E-state index >= 15 is 0 Å². The van der Waals surface area contributed by atoms with Crippen LogP contribution in [0.4, 0.5) is 5.69 Å². The molecule has 0 bridgehead atoms. The highest BCUT2D eigenvalue weighted by Crippen LogP contribution is 2.30. The summed E-state index contributed by atoms with van der Waals surface area (Å²) in [5.74, 6) is 0.638. The Balaban J connectivity index is 1.62. The van der Waals surface area contributed by atoms with Gasteiger partial charge in [-0.2, -0.15) is 5.10 Å². The molecule has 1 N–H and O–H groups in total. The summed E-state index contributed by atoms with van der Waals surface area (Å²) in [5.41, 5.74) is 1.99. The Kier molecular flexibility index (Phi) is 4.39. The van der Waals surface area contributed by atoms with E-state index in [1.54, 1.807) is 10.9 Å². The topological polar surface area (TPSA) is 46.9 Å². The molecule has 1 heterocycles. The number of nitrogens with one attached hydrogen (secondary N) is 1.